The summed E-state index contributed by atoms with van der Waals surface area (Å²) in [6.45, 7) is 0.0409. The molecule has 24 heavy (non-hydrogen) atoms. The lowest BCUT2D eigenvalue weighted by atomic mass is 10.1. The third-order valence-electron chi connectivity index (χ3n) is 3.43. The Morgan fingerprint density at radius 1 is 1.08 bits per heavy atom. The van der Waals surface area contributed by atoms with E-state index in [1.165, 1.54) is 4.31 Å². The molecule has 0 fully saturated rings. The van der Waals surface area contributed by atoms with Gasteiger partial charge in [0.15, 0.2) is 0 Å². The van der Waals surface area contributed by atoms with Gasteiger partial charge in [0.2, 0.25) is 15.9 Å². The van der Waals surface area contributed by atoms with Crippen molar-refractivity contribution in [3.63, 3.8) is 0 Å². The van der Waals surface area contributed by atoms with Gasteiger partial charge in [-0.1, -0.05) is 42.5 Å². The minimum Gasteiger partial charge on any atom is -0.324 e. The Morgan fingerprint density at radius 3 is 2.33 bits per heavy atom. The van der Waals surface area contributed by atoms with Crippen molar-refractivity contribution in [2.24, 2.45) is 0 Å². The number of nitrogens with zero attached hydrogens (tertiary/aromatic N) is 1. The Labute approximate surface area is 150 Å². The summed E-state index contributed by atoms with van der Waals surface area (Å²) in [5.41, 5.74) is 1.64. The average Bonchev–Trinajstić information content (AvgIpc) is 2.53. The number of rotatable bonds is 7. The lowest BCUT2D eigenvalue weighted by molar-refractivity contribution is -0.116. The van der Waals surface area contributed by atoms with E-state index in [4.69, 9.17) is 0 Å². The molecule has 0 aromatic heterocycles. The van der Waals surface area contributed by atoms with Crippen LogP contribution in [0.4, 0.5) is 5.69 Å². The van der Waals surface area contributed by atoms with Crippen molar-refractivity contribution in [3.05, 3.63) is 64.6 Å². The van der Waals surface area contributed by atoms with Crippen molar-refractivity contribution in [2.45, 2.75) is 6.42 Å². The fraction of sp³-hybridized carbons (Fsp3) is 0.235. The van der Waals surface area contributed by atoms with Gasteiger partial charge in [0.1, 0.15) is 0 Å². The van der Waals surface area contributed by atoms with E-state index in [0.29, 0.717) is 12.1 Å². The van der Waals surface area contributed by atoms with Crippen LogP contribution in [0.15, 0.2) is 59.1 Å². The fourth-order valence-electron chi connectivity index (χ4n) is 2.17. The number of anilines is 1. The third kappa shape index (κ3) is 5.74. The first-order valence-electron chi connectivity index (χ1n) is 7.39. The Morgan fingerprint density at radius 2 is 1.71 bits per heavy atom. The van der Waals surface area contributed by atoms with Crippen molar-refractivity contribution < 1.29 is 13.2 Å². The number of halogens is 1. The standard InChI is InChI=1S/C17H19BrN2O3S/c1-24(22,23)20(12-11-14-7-3-2-4-8-14)13-17(21)19-16-10-6-5-9-15(16)18/h2-10H,11-13H2,1H3,(H,19,21). The number of nitrogens with one attached hydrogen (secondary N) is 1. The number of hydrogen-bond donors (Lipinski definition) is 1. The number of hydrogen-bond acceptors (Lipinski definition) is 3. The van der Waals surface area contributed by atoms with Crippen LogP contribution in [0.25, 0.3) is 0 Å². The van der Waals surface area contributed by atoms with Crippen LogP contribution in [0.5, 0.6) is 0 Å². The van der Waals surface area contributed by atoms with Gasteiger partial charge in [0, 0.05) is 11.0 Å². The number of carbonyl (C=O) groups is 1. The summed E-state index contributed by atoms with van der Waals surface area (Å²) in [6.07, 6.45) is 1.67. The molecule has 0 heterocycles. The van der Waals surface area contributed by atoms with Crippen molar-refractivity contribution >= 4 is 37.5 Å². The van der Waals surface area contributed by atoms with Crippen LogP contribution in [-0.2, 0) is 21.2 Å². The molecule has 1 amide bonds. The van der Waals surface area contributed by atoms with Gasteiger partial charge in [-0.2, -0.15) is 4.31 Å². The highest BCUT2D eigenvalue weighted by Crippen LogP contribution is 2.21. The van der Waals surface area contributed by atoms with Crippen LogP contribution >= 0.6 is 15.9 Å². The summed E-state index contributed by atoms with van der Waals surface area (Å²) in [5.74, 6) is -0.375. The average molecular weight is 411 g/mol. The van der Waals surface area contributed by atoms with E-state index in [0.717, 1.165) is 16.3 Å². The first-order valence-corrected chi connectivity index (χ1v) is 10.0. The zero-order chi connectivity index (χ0) is 17.6. The number of sulfonamides is 1. The van der Waals surface area contributed by atoms with Crippen molar-refractivity contribution in [3.8, 4) is 0 Å². The summed E-state index contributed by atoms with van der Waals surface area (Å²) in [6, 6.07) is 16.8. The predicted molar refractivity (Wildman–Crippen MR) is 99.3 cm³/mol. The highest BCUT2D eigenvalue weighted by Gasteiger charge is 2.20. The monoisotopic (exact) mass is 410 g/mol. The quantitative estimate of drug-likeness (QED) is 0.762. The van der Waals surface area contributed by atoms with E-state index >= 15 is 0 Å². The Kier molecular flexibility index (Phi) is 6.53. The van der Waals surface area contributed by atoms with Gasteiger partial charge in [-0.15, -0.1) is 0 Å². The topological polar surface area (TPSA) is 66.5 Å². The molecule has 0 radical (unpaired) electrons. The maximum absolute atomic E-state index is 12.2. The normalized spacial score (nSPS) is 11.5. The molecule has 128 valence electrons. The van der Waals surface area contributed by atoms with Gasteiger partial charge in [-0.3, -0.25) is 4.79 Å². The number of amides is 1. The van der Waals surface area contributed by atoms with Crippen LogP contribution in [0.3, 0.4) is 0 Å². The van der Waals surface area contributed by atoms with Crippen molar-refractivity contribution in [1.29, 1.82) is 0 Å². The Bertz CT molecular complexity index is 794. The molecule has 7 heteroatoms. The first-order chi connectivity index (χ1) is 11.4. The molecular formula is C17H19BrN2O3S. The molecular weight excluding hydrogens is 392 g/mol. The van der Waals surface area contributed by atoms with E-state index < -0.39 is 10.0 Å². The van der Waals surface area contributed by atoms with E-state index in [9.17, 15) is 13.2 Å². The number of carbonyl (C=O) groups excluding carboxylic acids is 1. The lowest BCUT2D eigenvalue weighted by Crippen LogP contribution is -2.38. The highest BCUT2D eigenvalue weighted by molar-refractivity contribution is 9.10. The van der Waals surface area contributed by atoms with Gasteiger partial charge in [-0.25, -0.2) is 8.42 Å². The lowest BCUT2D eigenvalue weighted by Gasteiger charge is -2.19. The SMILES string of the molecule is CS(=O)(=O)N(CCc1ccccc1)CC(=O)Nc1ccccc1Br. The van der Waals surface area contributed by atoms with Crippen LogP contribution in [-0.4, -0.2) is 38.0 Å². The largest absolute Gasteiger partial charge is 0.324 e. The molecule has 2 aromatic carbocycles. The Hall–Kier alpha value is -1.70. The van der Waals surface area contributed by atoms with Gasteiger partial charge in [0.05, 0.1) is 18.5 Å². The fourth-order valence-corrected chi connectivity index (χ4v) is 3.33. The maximum Gasteiger partial charge on any atom is 0.239 e. The van der Waals surface area contributed by atoms with Crippen molar-refractivity contribution in [1.82, 2.24) is 4.31 Å². The highest BCUT2D eigenvalue weighted by atomic mass is 79.9. The van der Waals surface area contributed by atoms with Gasteiger partial charge in [0.25, 0.3) is 0 Å². The molecule has 0 aliphatic heterocycles. The molecule has 0 spiro atoms. The molecule has 1 N–H and O–H groups in total. The van der Waals surface area contributed by atoms with E-state index in [1.807, 2.05) is 36.4 Å². The van der Waals surface area contributed by atoms with Gasteiger partial charge < -0.3 is 5.32 Å². The molecule has 5 nitrogen and oxygen atoms in total. The molecule has 0 saturated carbocycles. The zero-order valence-electron chi connectivity index (χ0n) is 13.3. The number of para-hydroxylation sites is 1. The van der Waals surface area contributed by atoms with Crippen LogP contribution in [0.1, 0.15) is 5.56 Å². The van der Waals surface area contributed by atoms with Crippen LogP contribution in [0, 0.1) is 0 Å². The van der Waals surface area contributed by atoms with Crippen LogP contribution < -0.4 is 5.32 Å². The molecule has 0 atom stereocenters. The minimum absolute atomic E-state index is 0.215. The summed E-state index contributed by atoms with van der Waals surface area (Å²) in [7, 11) is -3.47. The number of benzene rings is 2. The van der Waals surface area contributed by atoms with Gasteiger partial charge >= 0.3 is 0 Å². The van der Waals surface area contributed by atoms with E-state index in [-0.39, 0.29) is 19.0 Å². The van der Waals surface area contributed by atoms with Crippen LogP contribution in [0.2, 0.25) is 0 Å². The minimum atomic E-state index is -3.47. The molecule has 0 bridgehead atoms. The molecule has 0 saturated heterocycles. The maximum atomic E-state index is 12.2. The van der Waals surface area contributed by atoms with Crippen molar-refractivity contribution in [2.75, 3.05) is 24.7 Å². The molecule has 2 aromatic rings. The Balaban J connectivity index is 2.01. The molecule has 0 aliphatic rings. The summed E-state index contributed by atoms with van der Waals surface area (Å²) in [5, 5.41) is 2.72. The summed E-state index contributed by atoms with van der Waals surface area (Å²) in [4.78, 5) is 12.2. The second-order valence-electron chi connectivity index (χ2n) is 5.36. The summed E-state index contributed by atoms with van der Waals surface area (Å²) >= 11 is 3.35. The van der Waals surface area contributed by atoms with E-state index in [2.05, 4.69) is 21.2 Å². The molecule has 2 rings (SSSR count). The smallest absolute Gasteiger partial charge is 0.239 e. The van der Waals surface area contributed by atoms with E-state index in [1.54, 1.807) is 18.2 Å². The second-order valence-corrected chi connectivity index (χ2v) is 8.20. The summed E-state index contributed by atoms with van der Waals surface area (Å²) < 4.78 is 25.8. The molecule has 0 aliphatic carbocycles. The zero-order valence-corrected chi connectivity index (χ0v) is 15.7. The predicted octanol–water partition coefficient (Wildman–Crippen LogP) is 2.89. The third-order valence-corrected chi connectivity index (χ3v) is 5.37. The first kappa shape index (κ1) is 18.6. The van der Waals surface area contributed by atoms with Gasteiger partial charge in [-0.05, 0) is 40.0 Å². The second kappa shape index (κ2) is 8.41. The molecule has 0 unspecified atom stereocenters.